The van der Waals surface area contributed by atoms with Gasteiger partial charge in [0.25, 0.3) is 0 Å². The fourth-order valence-electron chi connectivity index (χ4n) is 2.53. The Hall–Kier alpha value is -3.12. The normalized spacial score (nSPS) is 10.3. The van der Waals surface area contributed by atoms with Gasteiger partial charge in [0.1, 0.15) is 18.0 Å². The van der Waals surface area contributed by atoms with Gasteiger partial charge >= 0.3 is 0 Å². The first kappa shape index (κ1) is 18.7. The Morgan fingerprint density at radius 1 is 1.00 bits per heavy atom. The predicted molar refractivity (Wildman–Crippen MR) is 110 cm³/mol. The van der Waals surface area contributed by atoms with Crippen molar-refractivity contribution in [1.29, 1.82) is 0 Å². The van der Waals surface area contributed by atoms with Crippen molar-refractivity contribution < 1.29 is 4.79 Å². The van der Waals surface area contributed by atoms with Crippen LogP contribution in [0.2, 0.25) is 5.02 Å². The van der Waals surface area contributed by atoms with Crippen LogP contribution in [0.5, 0.6) is 0 Å². The molecule has 0 saturated heterocycles. The van der Waals surface area contributed by atoms with Crippen LogP contribution in [0.3, 0.4) is 0 Å². The highest BCUT2D eigenvalue weighted by molar-refractivity contribution is 6.30. The molecule has 3 rings (SSSR count). The van der Waals surface area contributed by atoms with Crippen LogP contribution in [0.25, 0.3) is 0 Å². The molecule has 0 unspecified atom stereocenters. The first-order valence-corrected chi connectivity index (χ1v) is 8.91. The van der Waals surface area contributed by atoms with Crippen LogP contribution in [0.15, 0.2) is 60.9 Å². The van der Waals surface area contributed by atoms with Gasteiger partial charge in [-0.05, 0) is 42.3 Å². The summed E-state index contributed by atoms with van der Waals surface area (Å²) in [4.78, 5) is 19.7. The van der Waals surface area contributed by atoms with Crippen molar-refractivity contribution in [2.45, 2.75) is 13.3 Å². The van der Waals surface area contributed by atoms with E-state index in [-0.39, 0.29) is 5.91 Å². The average molecular weight is 382 g/mol. The number of hydrogen-bond donors (Lipinski definition) is 3. The Labute approximate surface area is 163 Å². The van der Waals surface area contributed by atoms with Gasteiger partial charge in [0, 0.05) is 35.9 Å². The summed E-state index contributed by atoms with van der Waals surface area (Å²) in [6, 6.07) is 17.1. The number of benzene rings is 2. The molecule has 0 atom stereocenters. The summed E-state index contributed by atoms with van der Waals surface area (Å²) in [5.41, 5.74) is 2.75. The zero-order valence-corrected chi connectivity index (χ0v) is 15.6. The van der Waals surface area contributed by atoms with Crippen LogP contribution in [0.1, 0.15) is 12.5 Å². The Kier molecular flexibility index (Phi) is 6.22. The molecule has 0 spiro atoms. The number of anilines is 4. The quantitative estimate of drug-likeness (QED) is 0.562. The van der Waals surface area contributed by atoms with Gasteiger partial charge in [-0.25, -0.2) is 9.97 Å². The van der Waals surface area contributed by atoms with E-state index in [1.807, 2.05) is 54.6 Å². The standard InChI is InChI=1S/C20H20ClN5O/c1-14(27)25-17-3-2-4-18(11-17)26-20-12-19(23-13-24-20)22-10-9-15-5-7-16(21)8-6-15/h2-8,11-13H,9-10H2,1H3,(H,25,27)(H2,22,23,24,26). The average Bonchev–Trinajstić information content (AvgIpc) is 2.63. The number of halogens is 1. The van der Waals surface area contributed by atoms with Crippen molar-refractivity contribution >= 4 is 40.5 Å². The number of nitrogens with zero attached hydrogens (tertiary/aromatic N) is 2. The highest BCUT2D eigenvalue weighted by atomic mass is 35.5. The van der Waals surface area contributed by atoms with Crippen molar-refractivity contribution in [2.24, 2.45) is 0 Å². The maximum atomic E-state index is 11.2. The van der Waals surface area contributed by atoms with Gasteiger partial charge in [0.15, 0.2) is 0 Å². The zero-order valence-electron chi connectivity index (χ0n) is 14.9. The third kappa shape index (κ3) is 5.97. The summed E-state index contributed by atoms with van der Waals surface area (Å²) in [6.07, 6.45) is 2.37. The highest BCUT2D eigenvalue weighted by Crippen LogP contribution is 2.20. The summed E-state index contributed by atoms with van der Waals surface area (Å²) in [5, 5.41) is 10.00. The number of rotatable bonds is 7. The lowest BCUT2D eigenvalue weighted by Crippen LogP contribution is -2.07. The van der Waals surface area contributed by atoms with E-state index < -0.39 is 0 Å². The van der Waals surface area contributed by atoms with Crippen molar-refractivity contribution in [2.75, 3.05) is 22.5 Å². The first-order chi connectivity index (χ1) is 13.1. The van der Waals surface area contributed by atoms with E-state index in [9.17, 15) is 4.79 Å². The Morgan fingerprint density at radius 2 is 1.74 bits per heavy atom. The molecule has 0 fully saturated rings. The number of hydrogen-bond acceptors (Lipinski definition) is 5. The molecule has 2 aromatic carbocycles. The SMILES string of the molecule is CC(=O)Nc1cccc(Nc2cc(NCCc3ccc(Cl)cc3)ncn2)c1. The van der Waals surface area contributed by atoms with E-state index in [2.05, 4.69) is 25.9 Å². The van der Waals surface area contributed by atoms with Crippen molar-refractivity contribution in [3.63, 3.8) is 0 Å². The second-order valence-corrected chi connectivity index (χ2v) is 6.42. The Bertz CT molecular complexity index is 914. The lowest BCUT2D eigenvalue weighted by molar-refractivity contribution is -0.114. The lowest BCUT2D eigenvalue weighted by atomic mass is 10.1. The van der Waals surface area contributed by atoms with E-state index in [0.717, 1.165) is 35.2 Å². The molecule has 0 aliphatic heterocycles. The molecule has 0 saturated carbocycles. The molecule has 0 aliphatic rings. The Balaban J connectivity index is 1.58. The zero-order chi connectivity index (χ0) is 19.1. The van der Waals surface area contributed by atoms with Gasteiger partial charge in [-0.3, -0.25) is 4.79 Å². The predicted octanol–water partition coefficient (Wildman–Crippen LogP) is 4.49. The minimum absolute atomic E-state index is 0.110. The number of aromatic nitrogens is 2. The van der Waals surface area contributed by atoms with Crippen molar-refractivity contribution in [3.8, 4) is 0 Å². The molecule has 3 N–H and O–H groups in total. The molecule has 1 aromatic heterocycles. The topological polar surface area (TPSA) is 78.9 Å². The van der Waals surface area contributed by atoms with Crippen molar-refractivity contribution in [3.05, 3.63) is 71.5 Å². The van der Waals surface area contributed by atoms with Crippen molar-refractivity contribution in [1.82, 2.24) is 9.97 Å². The van der Waals surface area contributed by atoms with Crippen LogP contribution in [0.4, 0.5) is 23.0 Å². The number of carbonyl (C=O) groups excluding carboxylic acids is 1. The largest absolute Gasteiger partial charge is 0.370 e. The van der Waals surface area contributed by atoms with E-state index in [1.54, 1.807) is 0 Å². The smallest absolute Gasteiger partial charge is 0.221 e. The van der Waals surface area contributed by atoms with Gasteiger partial charge in [0.05, 0.1) is 0 Å². The van der Waals surface area contributed by atoms with E-state index in [4.69, 9.17) is 11.6 Å². The molecule has 1 heterocycles. The van der Waals surface area contributed by atoms with Gasteiger partial charge in [-0.15, -0.1) is 0 Å². The van der Waals surface area contributed by atoms with Gasteiger partial charge < -0.3 is 16.0 Å². The third-order valence-corrected chi connectivity index (χ3v) is 4.01. The minimum Gasteiger partial charge on any atom is -0.370 e. The van der Waals surface area contributed by atoms with Gasteiger partial charge in [-0.1, -0.05) is 29.8 Å². The second-order valence-electron chi connectivity index (χ2n) is 5.98. The minimum atomic E-state index is -0.110. The molecule has 138 valence electrons. The van der Waals surface area contributed by atoms with Crippen LogP contribution in [0, 0.1) is 0 Å². The first-order valence-electron chi connectivity index (χ1n) is 8.53. The summed E-state index contributed by atoms with van der Waals surface area (Å²) in [6.45, 7) is 2.22. The molecule has 0 radical (unpaired) electrons. The molecule has 0 bridgehead atoms. The third-order valence-electron chi connectivity index (χ3n) is 3.76. The fourth-order valence-corrected chi connectivity index (χ4v) is 2.66. The molecule has 1 amide bonds. The second kappa shape index (κ2) is 9.00. The molecule has 6 nitrogen and oxygen atoms in total. The summed E-state index contributed by atoms with van der Waals surface area (Å²) in [5.74, 6) is 1.29. The van der Waals surface area contributed by atoms with Crippen LogP contribution in [-0.2, 0) is 11.2 Å². The Morgan fingerprint density at radius 3 is 2.52 bits per heavy atom. The highest BCUT2D eigenvalue weighted by Gasteiger charge is 2.02. The van der Waals surface area contributed by atoms with Crippen LogP contribution < -0.4 is 16.0 Å². The maximum absolute atomic E-state index is 11.2. The summed E-state index contributed by atoms with van der Waals surface area (Å²) >= 11 is 5.90. The van der Waals surface area contributed by atoms with Crippen LogP contribution in [-0.4, -0.2) is 22.4 Å². The number of nitrogens with one attached hydrogen (secondary N) is 3. The molecule has 0 aliphatic carbocycles. The van der Waals surface area contributed by atoms with E-state index >= 15 is 0 Å². The van der Waals surface area contributed by atoms with Gasteiger partial charge in [0.2, 0.25) is 5.91 Å². The molecular weight excluding hydrogens is 362 g/mol. The lowest BCUT2D eigenvalue weighted by Gasteiger charge is -2.10. The molecule has 27 heavy (non-hydrogen) atoms. The molecular formula is C20H20ClN5O. The number of carbonyl (C=O) groups is 1. The summed E-state index contributed by atoms with van der Waals surface area (Å²) < 4.78 is 0. The number of amides is 1. The molecule has 3 aromatic rings. The maximum Gasteiger partial charge on any atom is 0.221 e. The van der Waals surface area contributed by atoms with E-state index in [1.165, 1.54) is 18.8 Å². The van der Waals surface area contributed by atoms with Gasteiger partial charge in [-0.2, -0.15) is 0 Å². The van der Waals surface area contributed by atoms with Crippen LogP contribution >= 0.6 is 11.6 Å². The molecule has 7 heteroatoms. The summed E-state index contributed by atoms with van der Waals surface area (Å²) in [7, 11) is 0. The van der Waals surface area contributed by atoms with E-state index in [0.29, 0.717) is 5.82 Å². The monoisotopic (exact) mass is 381 g/mol. The fraction of sp³-hybridized carbons (Fsp3) is 0.150.